The van der Waals surface area contributed by atoms with Crippen molar-refractivity contribution in [3.63, 3.8) is 0 Å². The number of aryl methyl sites for hydroxylation is 1. The first-order chi connectivity index (χ1) is 10.1. The zero-order chi connectivity index (χ0) is 15.0. The zero-order valence-electron chi connectivity index (χ0n) is 13.5. The maximum absolute atomic E-state index is 4.96. The molecule has 3 nitrogen and oxygen atoms in total. The van der Waals surface area contributed by atoms with Crippen LogP contribution in [-0.4, -0.2) is 16.3 Å². The summed E-state index contributed by atoms with van der Waals surface area (Å²) in [5.41, 5.74) is 6.50. The number of hydrogen-bond donors (Lipinski definition) is 1. The molecule has 21 heavy (non-hydrogen) atoms. The summed E-state index contributed by atoms with van der Waals surface area (Å²) in [7, 11) is 0. The standard InChI is InChI=1S/C18H25N3/c1-12(2)17-15-9-5-6-11-19-18(15)21(20-17)16-10-7-8-13(3)14(16)4/h7-8,10,12,19H,5-6,9,11H2,1-4H3. The average Bonchev–Trinajstić information content (AvgIpc) is 2.65. The fourth-order valence-electron chi connectivity index (χ4n) is 3.13. The summed E-state index contributed by atoms with van der Waals surface area (Å²) in [5.74, 6) is 1.68. The Labute approximate surface area is 127 Å². The highest BCUT2D eigenvalue weighted by molar-refractivity contribution is 5.57. The largest absolute Gasteiger partial charge is 0.370 e. The summed E-state index contributed by atoms with van der Waals surface area (Å²) in [6, 6.07) is 6.46. The lowest BCUT2D eigenvalue weighted by Gasteiger charge is -2.13. The van der Waals surface area contributed by atoms with E-state index >= 15 is 0 Å². The highest BCUT2D eigenvalue weighted by Gasteiger charge is 2.22. The van der Waals surface area contributed by atoms with Gasteiger partial charge in [0.05, 0.1) is 11.4 Å². The van der Waals surface area contributed by atoms with E-state index in [4.69, 9.17) is 5.10 Å². The van der Waals surface area contributed by atoms with Gasteiger partial charge in [-0.15, -0.1) is 0 Å². The fourth-order valence-corrected chi connectivity index (χ4v) is 3.13. The summed E-state index contributed by atoms with van der Waals surface area (Å²) in [6.07, 6.45) is 3.62. The lowest BCUT2D eigenvalue weighted by molar-refractivity contribution is 0.730. The van der Waals surface area contributed by atoms with Crippen molar-refractivity contribution in [2.75, 3.05) is 11.9 Å². The smallest absolute Gasteiger partial charge is 0.133 e. The van der Waals surface area contributed by atoms with Crippen molar-refractivity contribution < 1.29 is 0 Å². The predicted octanol–water partition coefficient (Wildman–Crippen LogP) is 4.36. The summed E-state index contributed by atoms with van der Waals surface area (Å²) < 4.78 is 2.14. The quantitative estimate of drug-likeness (QED) is 0.887. The Hall–Kier alpha value is -1.77. The number of fused-ring (bicyclic) bond motifs is 1. The molecule has 0 aliphatic carbocycles. The molecule has 0 saturated heterocycles. The molecule has 1 N–H and O–H groups in total. The lowest BCUT2D eigenvalue weighted by Crippen LogP contribution is -2.08. The molecule has 0 bridgehead atoms. The predicted molar refractivity (Wildman–Crippen MR) is 88.6 cm³/mol. The van der Waals surface area contributed by atoms with Crippen LogP contribution < -0.4 is 5.32 Å². The molecule has 1 aliphatic heterocycles. The normalized spacial score (nSPS) is 14.7. The number of rotatable bonds is 2. The number of anilines is 1. The van der Waals surface area contributed by atoms with Crippen molar-refractivity contribution in [2.24, 2.45) is 0 Å². The lowest BCUT2D eigenvalue weighted by atomic mass is 10.0. The minimum Gasteiger partial charge on any atom is -0.370 e. The molecule has 0 amide bonds. The Morgan fingerprint density at radius 3 is 2.76 bits per heavy atom. The molecule has 0 fully saturated rings. The second-order valence-corrected chi connectivity index (χ2v) is 6.38. The molecule has 2 heterocycles. The molecule has 112 valence electrons. The van der Waals surface area contributed by atoms with Gasteiger partial charge in [0.2, 0.25) is 0 Å². The van der Waals surface area contributed by atoms with Crippen LogP contribution >= 0.6 is 0 Å². The molecule has 0 saturated carbocycles. The number of nitrogens with one attached hydrogen (secondary N) is 1. The van der Waals surface area contributed by atoms with E-state index in [2.05, 4.69) is 55.9 Å². The molecule has 2 aromatic rings. The van der Waals surface area contributed by atoms with Crippen LogP contribution in [0.1, 0.15) is 55.0 Å². The Kier molecular flexibility index (Phi) is 3.75. The monoisotopic (exact) mass is 283 g/mol. The van der Waals surface area contributed by atoms with Crippen LogP contribution in [0.2, 0.25) is 0 Å². The summed E-state index contributed by atoms with van der Waals surface area (Å²) >= 11 is 0. The highest BCUT2D eigenvalue weighted by atomic mass is 15.3. The highest BCUT2D eigenvalue weighted by Crippen LogP contribution is 2.32. The molecular formula is C18H25N3. The topological polar surface area (TPSA) is 29.9 Å². The third kappa shape index (κ3) is 2.45. The van der Waals surface area contributed by atoms with E-state index in [0.29, 0.717) is 5.92 Å². The number of hydrogen-bond acceptors (Lipinski definition) is 2. The summed E-state index contributed by atoms with van der Waals surface area (Å²) in [6.45, 7) is 9.87. The first kappa shape index (κ1) is 14.2. The first-order valence-corrected chi connectivity index (χ1v) is 8.02. The molecule has 3 rings (SSSR count). The molecule has 0 radical (unpaired) electrons. The van der Waals surface area contributed by atoms with Gasteiger partial charge in [0.1, 0.15) is 5.82 Å². The fraction of sp³-hybridized carbons (Fsp3) is 0.500. The van der Waals surface area contributed by atoms with E-state index in [-0.39, 0.29) is 0 Å². The van der Waals surface area contributed by atoms with Crippen LogP contribution in [-0.2, 0) is 6.42 Å². The molecule has 1 aromatic heterocycles. The Morgan fingerprint density at radius 1 is 1.19 bits per heavy atom. The van der Waals surface area contributed by atoms with E-state index in [1.165, 1.54) is 46.7 Å². The van der Waals surface area contributed by atoms with Gasteiger partial charge in [0.25, 0.3) is 0 Å². The zero-order valence-corrected chi connectivity index (χ0v) is 13.5. The second-order valence-electron chi connectivity index (χ2n) is 6.38. The van der Waals surface area contributed by atoms with Crippen LogP contribution in [0.3, 0.4) is 0 Å². The van der Waals surface area contributed by atoms with Crippen LogP contribution in [0, 0.1) is 13.8 Å². The SMILES string of the molecule is Cc1cccc(-n2nc(C(C)C)c3c2NCCCC3)c1C. The minimum absolute atomic E-state index is 0.463. The third-order valence-electron chi connectivity index (χ3n) is 4.51. The van der Waals surface area contributed by atoms with Gasteiger partial charge in [-0.05, 0) is 56.2 Å². The number of nitrogens with zero attached hydrogens (tertiary/aromatic N) is 2. The summed E-state index contributed by atoms with van der Waals surface area (Å²) in [5, 5.41) is 8.57. The Morgan fingerprint density at radius 2 is 2.00 bits per heavy atom. The van der Waals surface area contributed by atoms with Crippen LogP contribution in [0.15, 0.2) is 18.2 Å². The Balaban J connectivity index is 2.21. The van der Waals surface area contributed by atoms with Crippen molar-refractivity contribution in [3.05, 3.63) is 40.6 Å². The van der Waals surface area contributed by atoms with E-state index in [1.54, 1.807) is 0 Å². The Bertz CT molecular complexity index is 653. The van der Waals surface area contributed by atoms with Gasteiger partial charge in [-0.1, -0.05) is 26.0 Å². The summed E-state index contributed by atoms with van der Waals surface area (Å²) in [4.78, 5) is 0. The molecule has 0 spiro atoms. The van der Waals surface area contributed by atoms with Gasteiger partial charge in [-0.3, -0.25) is 0 Å². The van der Waals surface area contributed by atoms with Crippen molar-refractivity contribution in [3.8, 4) is 5.69 Å². The van der Waals surface area contributed by atoms with Crippen LogP contribution in [0.25, 0.3) is 5.69 Å². The minimum atomic E-state index is 0.463. The molecule has 0 unspecified atom stereocenters. The van der Waals surface area contributed by atoms with Gasteiger partial charge >= 0.3 is 0 Å². The van der Waals surface area contributed by atoms with Gasteiger partial charge in [0.15, 0.2) is 0 Å². The van der Waals surface area contributed by atoms with Crippen molar-refractivity contribution in [1.82, 2.24) is 9.78 Å². The second kappa shape index (κ2) is 5.55. The van der Waals surface area contributed by atoms with Crippen LogP contribution in [0.5, 0.6) is 0 Å². The average molecular weight is 283 g/mol. The van der Waals surface area contributed by atoms with Gasteiger partial charge in [0, 0.05) is 12.1 Å². The van der Waals surface area contributed by atoms with Crippen molar-refractivity contribution in [2.45, 2.75) is 52.9 Å². The maximum atomic E-state index is 4.96. The van der Waals surface area contributed by atoms with Crippen molar-refractivity contribution >= 4 is 5.82 Å². The molecular weight excluding hydrogens is 258 g/mol. The van der Waals surface area contributed by atoms with Gasteiger partial charge in [-0.25, -0.2) is 4.68 Å². The number of benzene rings is 1. The van der Waals surface area contributed by atoms with E-state index < -0.39 is 0 Å². The molecule has 0 atom stereocenters. The van der Waals surface area contributed by atoms with E-state index in [0.717, 1.165) is 13.0 Å². The van der Waals surface area contributed by atoms with Gasteiger partial charge in [-0.2, -0.15) is 5.10 Å². The van der Waals surface area contributed by atoms with Crippen molar-refractivity contribution in [1.29, 1.82) is 0 Å². The molecule has 1 aliphatic rings. The van der Waals surface area contributed by atoms with E-state index in [1.807, 2.05) is 0 Å². The third-order valence-corrected chi connectivity index (χ3v) is 4.51. The first-order valence-electron chi connectivity index (χ1n) is 8.02. The van der Waals surface area contributed by atoms with Crippen LogP contribution in [0.4, 0.5) is 5.82 Å². The molecule has 3 heteroatoms. The number of aromatic nitrogens is 2. The van der Waals surface area contributed by atoms with Gasteiger partial charge < -0.3 is 5.32 Å². The molecule has 1 aromatic carbocycles. The van der Waals surface area contributed by atoms with E-state index in [9.17, 15) is 0 Å². The maximum Gasteiger partial charge on any atom is 0.133 e.